The van der Waals surface area contributed by atoms with Gasteiger partial charge in [-0.15, -0.1) is 0 Å². The van der Waals surface area contributed by atoms with Crippen molar-refractivity contribution in [1.82, 2.24) is 20.5 Å². The van der Waals surface area contributed by atoms with E-state index < -0.39 is 23.8 Å². The highest BCUT2D eigenvalue weighted by Crippen LogP contribution is 2.25. The summed E-state index contributed by atoms with van der Waals surface area (Å²) >= 11 is 0. The number of carbonyl (C=O) groups is 2. The lowest BCUT2D eigenvalue weighted by molar-refractivity contribution is -0.192. The molecule has 2 aromatic heterocycles. The average Bonchev–Trinajstić information content (AvgIpc) is 3.43. The maximum atomic E-state index is 13.2. The van der Waals surface area contributed by atoms with Crippen molar-refractivity contribution in [2.75, 3.05) is 0 Å². The van der Waals surface area contributed by atoms with E-state index >= 15 is 0 Å². The van der Waals surface area contributed by atoms with Gasteiger partial charge in [0.25, 0.3) is 5.91 Å². The maximum Gasteiger partial charge on any atom is 0.490 e. The topological polar surface area (TPSA) is 111 Å². The number of carbonyl (C=O) groups excluding carboxylic acids is 1. The molecule has 0 spiro atoms. The fraction of sp³-hybridized carbons (Fsp3) is 0.0952. The Hall–Kier alpha value is -4.22. The zero-order valence-corrected chi connectivity index (χ0v) is 16.5. The second-order valence-corrected chi connectivity index (χ2v) is 6.68. The van der Waals surface area contributed by atoms with Crippen molar-refractivity contribution in [1.29, 1.82) is 0 Å². The minimum Gasteiger partial charge on any atom is -0.475 e. The Morgan fingerprint density at radius 3 is 2.33 bits per heavy atom. The SMILES string of the molecule is O=C(NCc1ccc(F)c(F)c1)c1c[nH]c2cc(-c3cn[nH]c3)ccc12.O=C(O)C(F)(F)F. The predicted octanol–water partition coefficient (Wildman–Crippen LogP) is 4.40. The van der Waals surface area contributed by atoms with Crippen LogP contribution in [0.3, 0.4) is 0 Å². The largest absolute Gasteiger partial charge is 0.490 e. The number of benzene rings is 2. The van der Waals surface area contributed by atoms with Crippen LogP contribution >= 0.6 is 0 Å². The first kappa shape index (κ1) is 23.4. The van der Waals surface area contributed by atoms with Crippen LogP contribution in [0.15, 0.2) is 55.0 Å². The number of H-pyrrole nitrogens is 2. The highest BCUT2D eigenvalue weighted by atomic mass is 19.4. The smallest absolute Gasteiger partial charge is 0.475 e. The van der Waals surface area contributed by atoms with Gasteiger partial charge in [-0.2, -0.15) is 18.3 Å². The first-order chi connectivity index (χ1) is 15.6. The molecule has 0 aliphatic rings. The molecule has 0 aliphatic heterocycles. The molecular weight excluding hydrogens is 451 g/mol. The van der Waals surface area contributed by atoms with Gasteiger partial charge in [0.1, 0.15) is 0 Å². The number of carboxylic acid groups (broad SMARTS) is 1. The highest BCUT2D eigenvalue weighted by molar-refractivity contribution is 6.07. The number of nitrogens with one attached hydrogen (secondary N) is 3. The Morgan fingerprint density at radius 1 is 1.00 bits per heavy atom. The monoisotopic (exact) mass is 466 g/mol. The number of fused-ring (bicyclic) bond motifs is 1. The molecule has 0 atom stereocenters. The van der Waals surface area contributed by atoms with E-state index in [4.69, 9.17) is 9.90 Å². The van der Waals surface area contributed by atoms with Gasteiger partial charge in [-0.05, 0) is 29.3 Å². The third kappa shape index (κ3) is 5.73. The Bertz CT molecular complexity index is 1280. The maximum absolute atomic E-state index is 13.2. The number of halogens is 5. The minimum atomic E-state index is -5.08. The van der Waals surface area contributed by atoms with Crippen molar-refractivity contribution < 1.29 is 36.6 Å². The third-order valence-electron chi connectivity index (χ3n) is 4.44. The molecule has 0 radical (unpaired) electrons. The normalized spacial score (nSPS) is 11.1. The van der Waals surface area contributed by atoms with Crippen molar-refractivity contribution in [2.45, 2.75) is 12.7 Å². The van der Waals surface area contributed by atoms with E-state index in [0.29, 0.717) is 11.1 Å². The van der Waals surface area contributed by atoms with Crippen LogP contribution in [0.1, 0.15) is 15.9 Å². The van der Waals surface area contributed by atoms with Gasteiger partial charge in [0.15, 0.2) is 11.6 Å². The first-order valence-corrected chi connectivity index (χ1v) is 9.19. The van der Waals surface area contributed by atoms with Gasteiger partial charge in [-0.3, -0.25) is 9.89 Å². The molecule has 0 unspecified atom stereocenters. The van der Waals surface area contributed by atoms with Crippen LogP contribution < -0.4 is 5.32 Å². The second kappa shape index (κ2) is 9.51. The lowest BCUT2D eigenvalue weighted by atomic mass is 10.1. The van der Waals surface area contributed by atoms with E-state index in [1.54, 1.807) is 18.6 Å². The van der Waals surface area contributed by atoms with Crippen LogP contribution in [-0.2, 0) is 11.3 Å². The molecule has 0 aliphatic carbocycles. The second-order valence-electron chi connectivity index (χ2n) is 6.68. The van der Waals surface area contributed by atoms with E-state index in [9.17, 15) is 26.7 Å². The van der Waals surface area contributed by atoms with Crippen LogP contribution in [0.25, 0.3) is 22.0 Å². The summed E-state index contributed by atoms with van der Waals surface area (Å²) in [5.41, 5.74) is 3.72. The number of aromatic nitrogens is 3. The lowest BCUT2D eigenvalue weighted by Gasteiger charge is -2.05. The molecule has 0 fully saturated rings. The van der Waals surface area contributed by atoms with Crippen LogP contribution in [0, 0.1) is 11.6 Å². The number of hydrogen-bond donors (Lipinski definition) is 4. The summed E-state index contributed by atoms with van der Waals surface area (Å²) in [6.07, 6.45) is 0.0590. The Kier molecular flexibility index (Phi) is 6.75. The molecule has 1 amide bonds. The van der Waals surface area contributed by atoms with E-state index in [0.717, 1.165) is 34.2 Å². The standard InChI is InChI=1S/C19H14F2N4O.C2HF3O2/c20-16-4-1-11(5-17(16)21)7-23-19(26)15-10-22-18-6-12(2-3-14(15)18)13-8-24-25-9-13;3-2(4,5)1(6)7/h1-6,8-10,22H,7H2,(H,23,26)(H,24,25);(H,6,7). The summed E-state index contributed by atoms with van der Waals surface area (Å²) < 4.78 is 57.9. The fourth-order valence-corrected chi connectivity index (χ4v) is 2.83. The number of rotatable bonds is 4. The number of carboxylic acids is 1. The summed E-state index contributed by atoms with van der Waals surface area (Å²) in [5.74, 6) is -4.90. The van der Waals surface area contributed by atoms with E-state index in [2.05, 4.69) is 20.5 Å². The molecule has 0 saturated carbocycles. The van der Waals surface area contributed by atoms with Crippen molar-refractivity contribution in [2.24, 2.45) is 0 Å². The molecule has 2 heterocycles. The number of aliphatic carboxylic acids is 1. The van der Waals surface area contributed by atoms with Crippen molar-refractivity contribution in [3.05, 3.63) is 77.8 Å². The minimum absolute atomic E-state index is 0.107. The van der Waals surface area contributed by atoms with Gasteiger partial charge in [0.05, 0.1) is 11.8 Å². The summed E-state index contributed by atoms with van der Waals surface area (Å²) in [6.45, 7) is 0.107. The number of aromatic amines is 2. The molecular formula is C21H15F5N4O3. The van der Waals surface area contributed by atoms with Gasteiger partial charge >= 0.3 is 12.1 Å². The Morgan fingerprint density at radius 2 is 1.73 bits per heavy atom. The zero-order valence-electron chi connectivity index (χ0n) is 16.5. The number of alkyl halides is 3. The van der Waals surface area contributed by atoms with Crippen LogP contribution in [0.2, 0.25) is 0 Å². The van der Waals surface area contributed by atoms with Gasteiger partial charge in [0, 0.05) is 35.4 Å². The van der Waals surface area contributed by atoms with Crippen molar-refractivity contribution in [3.63, 3.8) is 0 Å². The zero-order chi connectivity index (χ0) is 24.2. The Labute approximate surface area is 182 Å². The van der Waals surface area contributed by atoms with Crippen molar-refractivity contribution >= 4 is 22.8 Å². The van der Waals surface area contributed by atoms with Gasteiger partial charge < -0.3 is 15.4 Å². The number of amides is 1. The molecule has 4 rings (SSSR count). The van der Waals surface area contributed by atoms with E-state index in [1.807, 2.05) is 18.2 Å². The first-order valence-electron chi connectivity index (χ1n) is 9.19. The number of nitrogens with zero attached hydrogens (tertiary/aromatic N) is 1. The highest BCUT2D eigenvalue weighted by Gasteiger charge is 2.38. The predicted molar refractivity (Wildman–Crippen MR) is 107 cm³/mol. The molecule has 33 heavy (non-hydrogen) atoms. The van der Waals surface area contributed by atoms with Gasteiger partial charge in [-0.1, -0.05) is 18.2 Å². The molecule has 2 aromatic carbocycles. The molecule has 172 valence electrons. The average molecular weight is 466 g/mol. The molecule has 12 heteroatoms. The quantitative estimate of drug-likeness (QED) is 0.334. The molecule has 4 aromatic rings. The Balaban J connectivity index is 0.000000383. The van der Waals surface area contributed by atoms with Crippen LogP contribution in [-0.4, -0.2) is 38.3 Å². The fourth-order valence-electron chi connectivity index (χ4n) is 2.83. The van der Waals surface area contributed by atoms with Gasteiger partial charge in [0.2, 0.25) is 0 Å². The summed E-state index contributed by atoms with van der Waals surface area (Å²) in [7, 11) is 0. The van der Waals surface area contributed by atoms with Crippen LogP contribution in [0.4, 0.5) is 22.0 Å². The van der Waals surface area contributed by atoms with Crippen LogP contribution in [0.5, 0.6) is 0 Å². The molecule has 7 nitrogen and oxygen atoms in total. The lowest BCUT2D eigenvalue weighted by Crippen LogP contribution is -2.22. The third-order valence-corrected chi connectivity index (χ3v) is 4.44. The molecule has 0 saturated heterocycles. The van der Waals surface area contributed by atoms with E-state index in [1.165, 1.54) is 6.07 Å². The molecule has 0 bridgehead atoms. The van der Waals surface area contributed by atoms with E-state index in [-0.39, 0.29) is 12.5 Å². The van der Waals surface area contributed by atoms with Crippen molar-refractivity contribution in [3.8, 4) is 11.1 Å². The molecule has 4 N–H and O–H groups in total. The number of hydrogen-bond acceptors (Lipinski definition) is 3. The van der Waals surface area contributed by atoms with Gasteiger partial charge in [-0.25, -0.2) is 13.6 Å². The summed E-state index contributed by atoms with van der Waals surface area (Å²) in [4.78, 5) is 24.4. The summed E-state index contributed by atoms with van der Waals surface area (Å²) in [5, 5.41) is 17.3. The summed E-state index contributed by atoms with van der Waals surface area (Å²) in [6, 6.07) is 9.26.